The number of ether oxygens (including phenoxy) is 1. The van der Waals surface area contributed by atoms with E-state index in [1.165, 1.54) is 0 Å². The number of anilines is 1. The lowest BCUT2D eigenvalue weighted by atomic mass is 10.1. The minimum atomic E-state index is -1.64. The first-order valence-electron chi connectivity index (χ1n) is 6.77. The van der Waals surface area contributed by atoms with Gasteiger partial charge in [0.25, 0.3) is 0 Å². The lowest BCUT2D eigenvalue weighted by molar-refractivity contribution is 0.234. The maximum Gasteiger partial charge on any atom is 0.321 e. The first-order valence-corrected chi connectivity index (χ1v) is 6.77. The molecule has 2 amide bonds. The fourth-order valence-corrected chi connectivity index (χ4v) is 1.93. The Balaban J connectivity index is 1.89. The van der Waals surface area contributed by atoms with E-state index in [0.717, 1.165) is 23.3 Å². The first kappa shape index (κ1) is 16.7. The number of amides is 2. The van der Waals surface area contributed by atoms with Gasteiger partial charge < -0.3 is 15.4 Å². The van der Waals surface area contributed by atoms with E-state index >= 15 is 0 Å². The van der Waals surface area contributed by atoms with Gasteiger partial charge in [-0.25, -0.2) is 18.0 Å². The molecule has 2 rings (SSSR count). The molecule has 4 nitrogen and oxygen atoms in total. The highest BCUT2D eigenvalue weighted by molar-refractivity contribution is 5.89. The first-order chi connectivity index (χ1) is 10.9. The molecule has 122 valence electrons. The molecular formula is C16H15F3N2O2. The van der Waals surface area contributed by atoms with Crippen LogP contribution in [0.3, 0.4) is 0 Å². The maximum atomic E-state index is 13.4. The van der Waals surface area contributed by atoms with Gasteiger partial charge >= 0.3 is 6.03 Å². The number of carbonyl (C=O) groups excluding carboxylic acids is 1. The molecule has 2 aromatic rings. The van der Waals surface area contributed by atoms with Crippen molar-refractivity contribution in [3.63, 3.8) is 0 Å². The van der Waals surface area contributed by atoms with Crippen molar-refractivity contribution in [2.24, 2.45) is 0 Å². The minimum Gasteiger partial charge on any atom is -0.473 e. The molecule has 23 heavy (non-hydrogen) atoms. The van der Waals surface area contributed by atoms with Gasteiger partial charge in [-0.2, -0.15) is 0 Å². The quantitative estimate of drug-likeness (QED) is 0.662. The molecule has 0 saturated carbocycles. The third-order valence-corrected chi connectivity index (χ3v) is 3.07. The molecule has 0 heterocycles. The molecule has 0 saturated heterocycles. The van der Waals surface area contributed by atoms with Crippen molar-refractivity contribution in [2.45, 2.75) is 13.8 Å². The van der Waals surface area contributed by atoms with Crippen molar-refractivity contribution in [3.05, 3.63) is 58.9 Å². The van der Waals surface area contributed by atoms with E-state index < -0.39 is 29.2 Å². The van der Waals surface area contributed by atoms with Gasteiger partial charge in [-0.3, -0.25) is 0 Å². The van der Waals surface area contributed by atoms with Gasteiger partial charge in [0.2, 0.25) is 0 Å². The van der Waals surface area contributed by atoms with Gasteiger partial charge in [0, 0.05) is 0 Å². The molecule has 2 N–H and O–H groups in total. The van der Waals surface area contributed by atoms with Crippen LogP contribution in [-0.2, 0) is 0 Å². The van der Waals surface area contributed by atoms with E-state index in [2.05, 4.69) is 10.6 Å². The third kappa shape index (κ3) is 4.15. The van der Waals surface area contributed by atoms with Gasteiger partial charge in [-0.05, 0) is 37.6 Å². The van der Waals surface area contributed by atoms with Crippen LogP contribution in [-0.4, -0.2) is 12.8 Å². The van der Waals surface area contributed by atoms with Crippen LogP contribution in [0.4, 0.5) is 23.7 Å². The average Bonchev–Trinajstić information content (AvgIpc) is 2.50. The molecular weight excluding hydrogens is 309 g/mol. The van der Waals surface area contributed by atoms with Crippen LogP contribution in [0.2, 0.25) is 0 Å². The molecule has 0 bridgehead atoms. The molecule has 0 aliphatic carbocycles. The van der Waals surface area contributed by atoms with Crippen LogP contribution in [0.25, 0.3) is 0 Å². The Labute approximate surface area is 131 Å². The van der Waals surface area contributed by atoms with Crippen LogP contribution in [0, 0.1) is 31.3 Å². The van der Waals surface area contributed by atoms with Gasteiger partial charge in [-0.1, -0.05) is 17.7 Å². The van der Waals surface area contributed by atoms with Crippen molar-refractivity contribution in [1.29, 1.82) is 0 Å². The number of halogens is 3. The second kappa shape index (κ2) is 7.04. The van der Waals surface area contributed by atoms with E-state index in [1.54, 1.807) is 6.07 Å². The molecule has 0 radical (unpaired) electrons. The van der Waals surface area contributed by atoms with E-state index in [4.69, 9.17) is 4.74 Å². The topological polar surface area (TPSA) is 50.4 Å². The summed E-state index contributed by atoms with van der Waals surface area (Å²) < 4.78 is 44.6. The fourth-order valence-electron chi connectivity index (χ4n) is 1.93. The highest BCUT2D eigenvalue weighted by atomic mass is 19.2. The molecule has 0 aliphatic rings. The normalized spacial score (nSPS) is 10.3. The van der Waals surface area contributed by atoms with Gasteiger partial charge in [0.1, 0.15) is 5.75 Å². The van der Waals surface area contributed by atoms with Crippen LogP contribution in [0.15, 0.2) is 30.3 Å². The standard InChI is InChI=1S/C16H15F3N2O2/c1-9-3-6-13(10(2)7-9)23-8-20-16(22)21-12-5-4-11(17)14(18)15(12)19/h3-7H,8H2,1-2H3,(H2,20,21,22). The highest BCUT2D eigenvalue weighted by Crippen LogP contribution is 2.20. The van der Waals surface area contributed by atoms with Crippen LogP contribution in [0.1, 0.15) is 11.1 Å². The van der Waals surface area contributed by atoms with Crippen LogP contribution in [0.5, 0.6) is 5.75 Å². The third-order valence-electron chi connectivity index (χ3n) is 3.07. The summed E-state index contributed by atoms with van der Waals surface area (Å²) in [5.74, 6) is -3.84. The minimum absolute atomic E-state index is 0.166. The van der Waals surface area contributed by atoms with Gasteiger partial charge in [0.15, 0.2) is 24.2 Å². The molecule has 0 aliphatic heterocycles. The number of benzene rings is 2. The highest BCUT2D eigenvalue weighted by Gasteiger charge is 2.15. The molecule has 7 heteroatoms. The predicted octanol–water partition coefficient (Wildman–Crippen LogP) is 3.88. The number of urea groups is 1. The number of carbonyl (C=O) groups is 1. The van der Waals surface area contributed by atoms with Crippen molar-refractivity contribution >= 4 is 11.7 Å². The largest absolute Gasteiger partial charge is 0.473 e. The van der Waals surface area contributed by atoms with Crippen molar-refractivity contribution in [1.82, 2.24) is 5.32 Å². The van der Waals surface area contributed by atoms with Gasteiger partial charge in [0.05, 0.1) is 5.69 Å². The molecule has 0 atom stereocenters. The summed E-state index contributed by atoms with van der Waals surface area (Å²) in [6.07, 6.45) is 0. The summed E-state index contributed by atoms with van der Waals surface area (Å²) in [4.78, 5) is 11.6. The SMILES string of the molecule is Cc1ccc(OCNC(=O)Nc2ccc(F)c(F)c2F)c(C)c1. The summed E-state index contributed by atoms with van der Waals surface area (Å²) in [7, 11) is 0. The molecule has 2 aromatic carbocycles. The van der Waals surface area contributed by atoms with Crippen molar-refractivity contribution in [3.8, 4) is 5.75 Å². The fraction of sp³-hybridized carbons (Fsp3) is 0.188. The molecule has 0 fully saturated rings. The number of hydrogen-bond donors (Lipinski definition) is 2. The smallest absolute Gasteiger partial charge is 0.321 e. The summed E-state index contributed by atoms with van der Waals surface area (Å²) in [5.41, 5.74) is 1.51. The average molecular weight is 324 g/mol. The zero-order valence-electron chi connectivity index (χ0n) is 12.5. The summed E-state index contributed by atoms with van der Waals surface area (Å²) in [6, 6.07) is 6.39. The molecule has 0 spiro atoms. The van der Waals surface area contributed by atoms with Crippen molar-refractivity contribution < 1.29 is 22.7 Å². The number of nitrogens with one attached hydrogen (secondary N) is 2. The van der Waals surface area contributed by atoms with Crippen molar-refractivity contribution in [2.75, 3.05) is 12.0 Å². The summed E-state index contributed by atoms with van der Waals surface area (Å²) in [6.45, 7) is 3.64. The zero-order chi connectivity index (χ0) is 17.0. The Morgan fingerprint density at radius 3 is 2.52 bits per heavy atom. The number of rotatable bonds is 4. The lowest BCUT2D eigenvalue weighted by Crippen LogP contribution is -2.32. The van der Waals surface area contributed by atoms with Crippen LogP contribution < -0.4 is 15.4 Å². The molecule has 0 aromatic heterocycles. The Bertz CT molecular complexity index is 736. The lowest BCUT2D eigenvalue weighted by Gasteiger charge is -2.12. The monoisotopic (exact) mass is 324 g/mol. The second-order valence-corrected chi connectivity index (χ2v) is 4.91. The second-order valence-electron chi connectivity index (χ2n) is 4.91. The summed E-state index contributed by atoms with van der Waals surface area (Å²) >= 11 is 0. The number of aryl methyl sites for hydroxylation is 2. The summed E-state index contributed by atoms with van der Waals surface area (Å²) in [5, 5.41) is 4.40. The Kier molecular flexibility index (Phi) is 5.10. The van der Waals surface area contributed by atoms with E-state index in [1.807, 2.05) is 26.0 Å². The van der Waals surface area contributed by atoms with Gasteiger partial charge in [-0.15, -0.1) is 0 Å². The van der Waals surface area contributed by atoms with E-state index in [0.29, 0.717) is 5.75 Å². The zero-order valence-corrected chi connectivity index (χ0v) is 12.5. The maximum absolute atomic E-state index is 13.4. The van der Waals surface area contributed by atoms with E-state index in [9.17, 15) is 18.0 Å². The molecule has 0 unspecified atom stereocenters. The van der Waals surface area contributed by atoms with Crippen LogP contribution >= 0.6 is 0 Å². The predicted molar refractivity (Wildman–Crippen MR) is 79.9 cm³/mol. The Morgan fingerprint density at radius 1 is 1.09 bits per heavy atom. The number of hydrogen-bond acceptors (Lipinski definition) is 2. The Morgan fingerprint density at radius 2 is 1.83 bits per heavy atom. The Hall–Kier alpha value is -2.70. The van der Waals surface area contributed by atoms with E-state index in [-0.39, 0.29) is 6.73 Å².